The third kappa shape index (κ3) is 2.78. The molecule has 0 spiro atoms. The van der Waals surface area contributed by atoms with Gasteiger partial charge in [0.1, 0.15) is 23.0 Å². The summed E-state index contributed by atoms with van der Waals surface area (Å²) in [6.45, 7) is 4.33. The van der Waals surface area contributed by atoms with Crippen molar-refractivity contribution >= 4 is 27.4 Å². The molecule has 1 atom stereocenters. The number of nitrogens with zero attached hydrogens (tertiary/aromatic N) is 4. The zero-order chi connectivity index (χ0) is 17.7. The van der Waals surface area contributed by atoms with E-state index in [2.05, 4.69) is 39.3 Å². The maximum absolute atomic E-state index is 5.60. The van der Waals surface area contributed by atoms with E-state index in [0.717, 1.165) is 29.3 Å². The summed E-state index contributed by atoms with van der Waals surface area (Å²) in [7, 11) is 0. The van der Waals surface area contributed by atoms with Crippen molar-refractivity contribution in [1.82, 2.24) is 20.1 Å². The van der Waals surface area contributed by atoms with Crippen LogP contribution in [0.5, 0.6) is 0 Å². The van der Waals surface area contributed by atoms with Crippen molar-refractivity contribution in [2.24, 2.45) is 5.92 Å². The number of nitrogens with one attached hydrogen (secondary N) is 1. The van der Waals surface area contributed by atoms with Crippen LogP contribution < -0.4 is 5.32 Å². The van der Waals surface area contributed by atoms with Gasteiger partial charge in [-0.25, -0.2) is 9.97 Å². The van der Waals surface area contributed by atoms with Gasteiger partial charge in [-0.2, -0.15) is 4.98 Å². The molecule has 0 radical (unpaired) electrons. The standard InChI is InChI=1S/C19H23N5OS/c1-10(2)15(18-23-16(24-25-18)11-7-8-11)22-17-14-12-5-3-4-6-13(12)26-19(14)21-9-20-17/h9-11,15H,3-8H2,1-2H3,(H,20,21,22). The molecule has 0 aromatic carbocycles. The van der Waals surface area contributed by atoms with Crippen molar-refractivity contribution in [1.29, 1.82) is 0 Å². The minimum absolute atomic E-state index is 0.0489. The van der Waals surface area contributed by atoms with E-state index in [1.54, 1.807) is 6.33 Å². The monoisotopic (exact) mass is 369 g/mol. The quantitative estimate of drug-likeness (QED) is 0.706. The number of aryl methyl sites for hydroxylation is 2. The SMILES string of the molecule is CC(C)C(Nc1ncnc2sc3c(c12)CCCC3)c1nc(C2CC2)no1. The Kier molecular flexibility index (Phi) is 3.92. The Labute approximate surface area is 156 Å². The van der Waals surface area contributed by atoms with Crippen LogP contribution in [0.4, 0.5) is 5.82 Å². The van der Waals surface area contributed by atoms with Crippen LogP contribution >= 0.6 is 11.3 Å². The van der Waals surface area contributed by atoms with Gasteiger partial charge in [-0.3, -0.25) is 0 Å². The van der Waals surface area contributed by atoms with Gasteiger partial charge in [0, 0.05) is 10.8 Å². The molecule has 2 aliphatic rings. The molecule has 1 fully saturated rings. The summed E-state index contributed by atoms with van der Waals surface area (Å²) in [5.74, 6) is 3.22. The van der Waals surface area contributed by atoms with Gasteiger partial charge in [-0.15, -0.1) is 11.3 Å². The first-order valence-electron chi connectivity index (χ1n) is 9.56. The predicted molar refractivity (Wildman–Crippen MR) is 102 cm³/mol. The van der Waals surface area contributed by atoms with Gasteiger partial charge in [0.25, 0.3) is 0 Å². The molecule has 3 aromatic heterocycles. The second-order valence-electron chi connectivity index (χ2n) is 7.74. The molecular formula is C19H23N5OS. The summed E-state index contributed by atoms with van der Waals surface area (Å²) >= 11 is 1.82. The molecule has 136 valence electrons. The lowest BCUT2D eigenvalue weighted by Gasteiger charge is -2.20. The number of hydrogen-bond acceptors (Lipinski definition) is 7. The molecule has 6 nitrogen and oxygen atoms in total. The molecule has 5 rings (SSSR count). The molecule has 0 bridgehead atoms. The predicted octanol–water partition coefficient (Wildman–Crippen LogP) is 4.64. The lowest BCUT2D eigenvalue weighted by molar-refractivity contribution is 0.332. The van der Waals surface area contributed by atoms with Crippen LogP contribution in [0.2, 0.25) is 0 Å². The number of aromatic nitrogens is 4. The van der Waals surface area contributed by atoms with Crippen LogP contribution in [0.25, 0.3) is 10.2 Å². The van der Waals surface area contributed by atoms with Crippen LogP contribution in [0.3, 0.4) is 0 Å². The Morgan fingerprint density at radius 3 is 2.85 bits per heavy atom. The molecule has 2 aliphatic carbocycles. The Morgan fingerprint density at radius 2 is 2.04 bits per heavy atom. The zero-order valence-corrected chi connectivity index (χ0v) is 16.0. The first-order chi connectivity index (χ1) is 12.7. The fourth-order valence-electron chi connectivity index (χ4n) is 3.74. The second-order valence-corrected chi connectivity index (χ2v) is 8.83. The molecular weight excluding hydrogens is 346 g/mol. The highest BCUT2D eigenvalue weighted by atomic mass is 32.1. The average molecular weight is 369 g/mol. The first-order valence-corrected chi connectivity index (χ1v) is 10.4. The number of rotatable bonds is 5. The number of hydrogen-bond donors (Lipinski definition) is 1. The third-order valence-corrected chi connectivity index (χ3v) is 6.58. The van der Waals surface area contributed by atoms with Crippen molar-refractivity contribution in [2.45, 2.75) is 64.3 Å². The molecule has 26 heavy (non-hydrogen) atoms. The average Bonchev–Trinajstić information content (AvgIpc) is 3.25. The fourth-order valence-corrected chi connectivity index (χ4v) is 4.97. The molecule has 0 saturated heterocycles. The maximum Gasteiger partial charge on any atom is 0.249 e. The molecule has 7 heteroatoms. The lowest BCUT2D eigenvalue weighted by Crippen LogP contribution is -2.18. The molecule has 0 amide bonds. The Balaban J connectivity index is 1.52. The number of fused-ring (bicyclic) bond motifs is 3. The molecule has 3 heterocycles. The van der Waals surface area contributed by atoms with E-state index < -0.39 is 0 Å². The summed E-state index contributed by atoms with van der Waals surface area (Å²) in [6, 6.07) is -0.0489. The van der Waals surface area contributed by atoms with E-state index in [9.17, 15) is 0 Å². The molecule has 1 N–H and O–H groups in total. The molecule has 1 saturated carbocycles. The van der Waals surface area contributed by atoms with Crippen LogP contribution in [-0.4, -0.2) is 20.1 Å². The van der Waals surface area contributed by atoms with E-state index in [1.807, 2.05) is 11.3 Å². The van der Waals surface area contributed by atoms with Crippen LogP contribution in [0, 0.1) is 5.92 Å². The van der Waals surface area contributed by atoms with E-state index in [4.69, 9.17) is 4.52 Å². The normalized spacial score (nSPS) is 18.3. The molecule has 0 aliphatic heterocycles. The number of thiophene rings is 1. The van der Waals surface area contributed by atoms with Crippen molar-refractivity contribution in [3.05, 3.63) is 28.5 Å². The highest BCUT2D eigenvalue weighted by Crippen LogP contribution is 2.41. The van der Waals surface area contributed by atoms with Crippen molar-refractivity contribution < 1.29 is 4.52 Å². The molecule has 1 unspecified atom stereocenters. The Hall–Kier alpha value is -2.02. The van der Waals surface area contributed by atoms with Gasteiger partial charge in [0.15, 0.2) is 5.82 Å². The van der Waals surface area contributed by atoms with Crippen LogP contribution in [-0.2, 0) is 12.8 Å². The summed E-state index contributed by atoms with van der Waals surface area (Å²) < 4.78 is 5.60. The minimum atomic E-state index is -0.0489. The Bertz CT molecular complexity index is 943. The van der Waals surface area contributed by atoms with E-state index in [1.165, 1.54) is 41.5 Å². The van der Waals surface area contributed by atoms with E-state index in [0.29, 0.717) is 17.7 Å². The summed E-state index contributed by atoms with van der Waals surface area (Å²) in [5.41, 5.74) is 1.44. The van der Waals surface area contributed by atoms with Gasteiger partial charge in [-0.05, 0) is 50.0 Å². The summed E-state index contributed by atoms with van der Waals surface area (Å²) in [5, 5.41) is 8.99. The highest BCUT2D eigenvalue weighted by Gasteiger charge is 2.31. The summed E-state index contributed by atoms with van der Waals surface area (Å²) in [4.78, 5) is 16.3. The topological polar surface area (TPSA) is 76.7 Å². The van der Waals surface area contributed by atoms with Gasteiger partial charge < -0.3 is 9.84 Å². The van der Waals surface area contributed by atoms with E-state index in [-0.39, 0.29) is 6.04 Å². The largest absolute Gasteiger partial charge is 0.358 e. The fraction of sp³-hybridized carbons (Fsp3) is 0.579. The third-order valence-electron chi connectivity index (χ3n) is 5.38. The highest BCUT2D eigenvalue weighted by molar-refractivity contribution is 7.19. The van der Waals surface area contributed by atoms with Crippen LogP contribution in [0.15, 0.2) is 10.9 Å². The lowest BCUT2D eigenvalue weighted by atomic mass is 9.96. The summed E-state index contributed by atoms with van der Waals surface area (Å²) in [6.07, 6.45) is 8.81. The van der Waals surface area contributed by atoms with Gasteiger partial charge in [-0.1, -0.05) is 19.0 Å². The van der Waals surface area contributed by atoms with Gasteiger partial charge in [0.2, 0.25) is 5.89 Å². The number of anilines is 1. The second kappa shape index (κ2) is 6.30. The minimum Gasteiger partial charge on any atom is -0.358 e. The van der Waals surface area contributed by atoms with Crippen LogP contribution in [0.1, 0.15) is 73.6 Å². The maximum atomic E-state index is 5.60. The smallest absolute Gasteiger partial charge is 0.249 e. The first kappa shape index (κ1) is 16.2. The molecule has 3 aromatic rings. The van der Waals surface area contributed by atoms with Crippen molar-refractivity contribution in [2.75, 3.05) is 5.32 Å². The Morgan fingerprint density at radius 1 is 1.19 bits per heavy atom. The van der Waals surface area contributed by atoms with Gasteiger partial charge >= 0.3 is 0 Å². The van der Waals surface area contributed by atoms with Crippen molar-refractivity contribution in [3.63, 3.8) is 0 Å². The van der Waals surface area contributed by atoms with Crippen molar-refractivity contribution in [3.8, 4) is 0 Å². The van der Waals surface area contributed by atoms with Gasteiger partial charge in [0.05, 0.1) is 5.39 Å². The zero-order valence-electron chi connectivity index (χ0n) is 15.2. The van der Waals surface area contributed by atoms with E-state index >= 15 is 0 Å².